The number of hydrogen-bond donors (Lipinski definition) is 1. The molecule has 0 spiro atoms. The molecular weight excluding hydrogens is 264 g/mol. The maximum absolute atomic E-state index is 12.0. The van der Waals surface area contributed by atoms with Crippen molar-refractivity contribution in [2.75, 3.05) is 19.6 Å². The van der Waals surface area contributed by atoms with Crippen LogP contribution in [0.5, 0.6) is 0 Å². The van der Waals surface area contributed by atoms with Crippen molar-refractivity contribution >= 4 is 5.91 Å². The van der Waals surface area contributed by atoms with E-state index in [2.05, 4.69) is 19.8 Å². The van der Waals surface area contributed by atoms with Gasteiger partial charge in [0.15, 0.2) is 0 Å². The second-order valence-electron chi connectivity index (χ2n) is 6.43. The van der Waals surface area contributed by atoms with Crippen LogP contribution in [0, 0.1) is 5.92 Å². The Kier molecular flexibility index (Phi) is 4.91. The summed E-state index contributed by atoms with van der Waals surface area (Å²) in [5, 5.41) is 3.09. The maximum Gasteiger partial charge on any atom is 0.234 e. The van der Waals surface area contributed by atoms with Crippen LogP contribution in [0.25, 0.3) is 0 Å². The summed E-state index contributed by atoms with van der Waals surface area (Å²) in [6, 6.07) is 0. The van der Waals surface area contributed by atoms with E-state index in [0.29, 0.717) is 6.54 Å². The molecular formula is C16H26N4O. The van der Waals surface area contributed by atoms with Crippen LogP contribution < -0.4 is 5.32 Å². The minimum atomic E-state index is 0.166. The molecule has 0 saturated heterocycles. The Bertz CT molecular complexity index is 465. The SMILES string of the molecule is O=C(CN1CCn2cncc2C1)NCCC1CCCCC1. The van der Waals surface area contributed by atoms with Crippen LogP contribution in [-0.4, -0.2) is 40.0 Å². The van der Waals surface area contributed by atoms with Crippen molar-refractivity contribution in [1.82, 2.24) is 19.8 Å². The standard InChI is InChI=1S/C16H26N4O/c21-16(18-7-6-14-4-2-1-3-5-14)12-19-8-9-20-13-17-10-15(20)11-19/h10,13-14H,1-9,11-12H2,(H,18,21). The molecule has 5 heteroatoms. The minimum Gasteiger partial charge on any atom is -0.355 e. The molecule has 1 saturated carbocycles. The molecule has 1 N–H and O–H groups in total. The molecule has 3 rings (SSSR count). The number of hydrogen-bond acceptors (Lipinski definition) is 3. The molecule has 1 aliphatic carbocycles. The highest BCUT2D eigenvalue weighted by Gasteiger charge is 2.18. The first-order valence-corrected chi connectivity index (χ1v) is 8.29. The predicted octanol–water partition coefficient (Wildman–Crippen LogP) is 1.79. The van der Waals surface area contributed by atoms with Gasteiger partial charge in [0.25, 0.3) is 0 Å². The number of aromatic nitrogens is 2. The first-order valence-electron chi connectivity index (χ1n) is 8.29. The third kappa shape index (κ3) is 4.06. The van der Waals surface area contributed by atoms with Gasteiger partial charge < -0.3 is 9.88 Å². The Morgan fingerprint density at radius 1 is 1.29 bits per heavy atom. The van der Waals surface area contributed by atoms with Gasteiger partial charge in [-0.1, -0.05) is 32.1 Å². The molecule has 0 aromatic carbocycles. The van der Waals surface area contributed by atoms with E-state index in [-0.39, 0.29) is 5.91 Å². The summed E-state index contributed by atoms with van der Waals surface area (Å²) in [6.07, 6.45) is 11.8. The smallest absolute Gasteiger partial charge is 0.234 e. The van der Waals surface area contributed by atoms with Crippen molar-refractivity contribution in [2.45, 2.75) is 51.6 Å². The summed E-state index contributed by atoms with van der Waals surface area (Å²) in [4.78, 5) is 18.4. The van der Waals surface area contributed by atoms with Gasteiger partial charge >= 0.3 is 0 Å². The number of rotatable bonds is 5. The van der Waals surface area contributed by atoms with Crippen molar-refractivity contribution in [3.05, 3.63) is 18.2 Å². The van der Waals surface area contributed by atoms with Crippen molar-refractivity contribution in [3.63, 3.8) is 0 Å². The van der Waals surface area contributed by atoms with E-state index < -0.39 is 0 Å². The van der Waals surface area contributed by atoms with Crippen molar-refractivity contribution in [2.24, 2.45) is 5.92 Å². The number of carbonyl (C=O) groups excluding carboxylic acids is 1. The number of carbonyl (C=O) groups is 1. The number of nitrogens with zero attached hydrogens (tertiary/aromatic N) is 3. The van der Waals surface area contributed by atoms with Crippen LogP contribution in [0.4, 0.5) is 0 Å². The molecule has 1 amide bonds. The molecule has 0 unspecified atom stereocenters. The van der Waals surface area contributed by atoms with Crippen LogP contribution in [0.2, 0.25) is 0 Å². The third-order valence-electron chi connectivity index (χ3n) is 4.81. The zero-order valence-electron chi connectivity index (χ0n) is 12.8. The second-order valence-corrected chi connectivity index (χ2v) is 6.43. The molecule has 2 aliphatic rings. The van der Waals surface area contributed by atoms with Crippen LogP contribution in [0.15, 0.2) is 12.5 Å². The third-order valence-corrected chi connectivity index (χ3v) is 4.81. The van der Waals surface area contributed by atoms with E-state index in [0.717, 1.165) is 38.5 Å². The molecule has 2 heterocycles. The number of fused-ring (bicyclic) bond motifs is 1. The van der Waals surface area contributed by atoms with E-state index in [1.807, 2.05) is 12.5 Å². The molecule has 1 aromatic heterocycles. The van der Waals surface area contributed by atoms with Crippen LogP contribution in [0.1, 0.15) is 44.2 Å². The van der Waals surface area contributed by atoms with Gasteiger partial charge in [0.1, 0.15) is 0 Å². The number of imidazole rings is 1. The Morgan fingerprint density at radius 2 is 2.14 bits per heavy atom. The summed E-state index contributed by atoms with van der Waals surface area (Å²) < 4.78 is 2.16. The van der Waals surface area contributed by atoms with Crippen molar-refractivity contribution in [1.29, 1.82) is 0 Å². The molecule has 5 nitrogen and oxygen atoms in total. The summed E-state index contributed by atoms with van der Waals surface area (Å²) in [6.45, 7) is 4.05. The lowest BCUT2D eigenvalue weighted by Gasteiger charge is -2.27. The van der Waals surface area contributed by atoms with Gasteiger partial charge in [-0.3, -0.25) is 9.69 Å². The minimum absolute atomic E-state index is 0.166. The Labute approximate surface area is 126 Å². The highest BCUT2D eigenvalue weighted by atomic mass is 16.2. The maximum atomic E-state index is 12.0. The Balaban J connectivity index is 1.35. The normalized spacial score (nSPS) is 20.2. The van der Waals surface area contributed by atoms with Gasteiger partial charge in [-0.2, -0.15) is 0 Å². The molecule has 1 fully saturated rings. The zero-order valence-corrected chi connectivity index (χ0v) is 12.8. The quantitative estimate of drug-likeness (QED) is 0.899. The van der Waals surface area contributed by atoms with Gasteiger partial charge in [0, 0.05) is 32.4 Å². The fourth-order valence-electron chi connectivity index (χ4n) is 3.52. The lowest BCUT2D eigenvalue weighted by atomic mass is 9.87. The highest BCUT2D eigenvalue weighted by Crippen LogP contribution is 2.25. The van der Waals surface area contributed by atoms with E-state index >= 15 is 0 Å². The summed E-state index contributed by atoms with van der Waals surface area (Å²) >= 11 is 0. The molecule has 21 heavy (non-hydrogen) atoms. The lowest BCUT2D eigenvalue weighted by molar-refractivity contribution is -0.122. The average Bonchev–Trinajstić information content (AvgIpc) is 2.96. The molecule has 1 aromatic rings. The summed E-state index contributed by atoms with van der Waals surface area (Å²) in [5.74, 6) is 1.00. The first-order chi connectivity index (χ1) is 10.3. The summed E-state index contributed by atoms with van der Waals surface area (Å²) in [7, 11) is 0. The topological polar surface area (TPSA) is 50.2 Å². The van der Waals surface area contributed by atoms with Crippen LogP contribution in [-0.2, 0) is 17.9 Å². The van der Waals surface area contributed by atoms with E-state index in [9.17, 15) is 4.79 Å². The van der Waals surface area contributed by atoms with Gasteiger partial charge in [0.05, 0.1) is 18.6 Å². The largest absolute Gasteiger partial charge is 0.355 e. The van der Waals surface area contributed by atoms with Crippen molar-refractivity contribution < 1.29 is 4.79 Å². The Morgan fingerprint density at radius 3 is 3.00 bits per heavy atom. The molecule has 116 valence electrons. The highest BCUT2D eigenvalue weighted by molar-refractivity contribution is 5.77. The van der Waals surface area contributed by atoms with Crippen LogP contribution >= 0.6 is 0 Å². The average molecular weight is 290 g/mol. The molecule has 0 atom stereocenters. The van der Waals surface area contributed by atoms with Gasteiger partial charge in [-0.25, -0.2) is 4.98 Å². The van der Waals surface area contributed by atoms with E-state index in [4.69, 9.17) is 0 Å². The van der Waals surface area contributed by atoms with Gasteiger partial charge in [0.2, 0.25) is 5.91 Å². The Hall–Kier alpha value is -1.36. The fraction of sp³-hybridized carbons (Fsp3) is 0.750. The van der Waals surface area contributed by atoms with E-state index in [1.165, 1.54) is 37.8 Å². The van der Waals surface area contributed by atoms with Gasteiger partial charge in [-0.05, 0) is 12.3 Å². The lowest BCUT2D eigenvalue weighted by Crippen LogP contribution is -2.41. The van der Waals surface area contributed by atoms with E-state index in [1.54, 1.807) is 0 Å². The monoisotopic (exact) mass is 290 g/mol. The predicted molar refractivity (Wildman–Crippen MR) is 81.7 cm³/mol. The van der Waals surface area contributed by atoms with Gasteiger partial charge in [-0.15, -0.1) is 0 Å². The second kappa shape index (κ2) is 7.07. The first kappa shape index (κ1) is 14.6. The fourth-order valence-corrected chi connectivity index (χ4v) is 3.52. The molecule has 0 radical (unpaired) electrons. The molecule has 0 bridgehead atoms. The van der Waals surface area contributed by atoms with Crippen LogP contribution in [0.3, 0.4) is 0 Å². The number of amides is 1. The number of nitrogens with one attached hydrogen (secondary N) is 1. The zero-order chi connectivity index (χ0) is 14.5. The van der Waals surface area contributed by atoms with Crippen molar-refractivity contribution in [3.8, 4) is 0 Å². The molecule has 1 aliphatic heterocycles. The summed E-state index contributed by atoms with van der Waals surface area (Å²) in [5.41, 5.74) is 1.20.